The van der Waals surface area contributed by atoms with Gasteiger partial charge in [0.2, 0.25) is 0 Å². The van der Waals surface area contributed by atoms with E-state index in [0.717, 1.165) is 44.9 Å². The average molecular weight is 433 g/mol. The molecule has 4 fully saturated rings. The second-order valence-corrected chi connectivity index (χ2v) is 10.7. The first-order valence-corrected chi connectivity index (χ1v) is 11.9. The molecule has 4 aliphatic rings. The Morgan fingerprint density at radius 2 is 0.767 bits per heavy atom. The standard InChI is InChI=1S/C7H14O.C6H12O2.C6H12O.C5H10O2/c1-7(8)5-3-2-4-6-7;1-6(7)2-4-8-5-3-6;1-6(7)4-2-3-5-6;1-5(6)2-3-7-4-5/h8H,2-6H2,1H3;7H,2-5H2,1H3;7H,2-5H2,1H3;6H,2-4H2,1H3. The van der Waals surface area contributed by atoms with Crippen LogP contribution in [0.5, 0.6) is 0 Å². The maximum absolute atomic E-state index is 9.37. The normalized spacial score (nSPS) is 31.2. The van der Waals surface area contributed by atoms with Crippen molar-refractivity contribution in [3.63, 3.8) is 0 Å². The van der Waals surface area contributed by atoms with E-state index in [0.29, 0.717) is 26.4 Å². The van der Waals surface area contributed by atoms with Gasteiger partial charge in [-0.1, -0.05) is 32.1 Å². The first-order chi connectivity index (χ1) is 13.8. The fraction of sp³-hybridized carbons (Fsp3) is 1.00. The zero-order valence-electron chi connectivity index (χ0n) is 19.9. The number of hydrogen-bond acceptors (Lipinski definition) is 6. The molecule has 0 bridgehead atoms. The molecule has 0 amide bonds. The lowest BCUT2D eigenvalue weighted by Gasteiger charge is -2.27. The van der Waals surface area contributed by atoms with Crippen molar-refractivity contribution in [1.29, 1.82) is 0 Å². The third-order valence-electron chi connectivity index (χ3n) is 6.38. The lowest BCUT2D eigenvalue weighted by atomic mass is 9.87. The van der Waals surface area contributed by atoms with Crippen LogP contribution in [0.4, 0.5) is 0 Å². The van der Waals surface area contributed by atoms with Gasteiger partial charge in [0, 0.05) is 26.2 Å². The molecular weight excluding hydrogens is 384 g/mol. The van der Waals surface area contributed by atoms with E-state index in [-0.39, 0.29) is 11.2 Å². The molecule has 6 heteroatoms. The predicted octanol–water partition coefficient (Wildman–Crippen LogP) is 3.72. The van der Waals surface area contributed by atoms with Crippen molar-refractivity contribution >= 4 is 0 Å². The SMILES string of the molecule is CC1(O)CCCC1.CC1(O)CCCCC1.CC1(O)CCOC1.CC1(O)CCOCC1. The minimum atomic E-state index is -0.528. The van der Waals surface area contributed by atoms with Crippen LogP contribution in [0.2, 0.25) is 0 Å². The molecule has 0 radical (unpaired) electrons. The highest BCUT2D eigenvalue weighted by Gasteiger charge is 2.26. The third-order valence-corrected chi connectivity index (χ3v) is 6.38. The number of rotatable bonds is 0. The van der Waals surface area contributed by atoms with Crippen LogP contribution in [0.25, 0.3) is 0 Å². The van der Waals surface area contributed by atoms with Crippen LogP contribution in [0.1, 0.15) is 105 Å². The van der Waals surface area contributed by atoms with Crippen molar-refractivity contribution in [2.24, 2.45) is 0 Å². The third kappa shape index (κ3) is 13.9. The fourth-order valence-electron chi connectivity index (χ4n) is 3.92. The molecule has 4 rings (SSSR count). The zero-order valence-corrected chi connectivity index (χ0v) is 19.9. The molecule has 0 spiro atoms. The summed E-state index contributed by atoms with van der Waals surface area (Å²) in [6.07, 6.45) is 12.6. The van der Waals surface area contributed by atoms with E-state index in [2.05, 4.69) is 0 Å². The second kappa shape index (κ2) is 12.7. The van der Waals surface area contributed by atoms with Gasteiger partial charge in [-0.3, -0.25) is 0 Å². The smallest absolute Gasteiger partial charge is 0.0874 e. The first kappa shape index (κ1) is 27.8. The van der Waals surface area contributed by atoms with Crippen molar-refractivity contribution in [1.82, 2.24) is 0 Å². The molecule has 2 aliphatic carbocycles. The van der Waals surface area contributed by atoms with E-state index in [1.165, 1.54) is 32.1 Å². The van der Waals surface area contributed by atoms with Gasteiger partial charge in [0.1, 0.15) is 0 Å². The van der Waals surface area contributed by atoms with Crippen LogP contribution in [-0.2, 0) is 9.47 Å². The lowest BCUT2D eigenvalue weighted by molar-refractivity contribution is -0.0508. The molecule has 2 aliphatic heterocycles. The maximum atomic E-state index is 9.37. The van der Waals surface area contributed by atoms with Gasteiger partial charge in [0.25, 0.3) is 0 Å². The van der Waals surface area contributed by atoms with E-state index in [1.54, 1.807) is 6.92 Å². The minimum absolute atomic E-state index is 0.306. The van der Waals surface area contributed by atoms with E-state index in [4.69, 9.17) is 14.6 Å². The van der Waals surface area contributed by atoms with E-state index in [1.807, 2.05) is 20.8 Å². The molecule has 30 heavy (non-hydrogen) atoms. The number of hydrogen-bond donors (Lipinski definition) is 4. The molecule has 0 aromatic carbocycles. The highest BCUT2D eigenvalue weighted by molar-refractivity contribution is 4.78. The summed E-state index contributed by atoms with van der Waals surface area (Å²) in [6.45, 7) is 10.2. The molecule has 4 N–H and O–H groups in total. The summed E-state index contributed by atoms with van der Waals surface area (Å²) >= 11 is 0. The van der Waals surface area contributed by atoms with E-state index < -0.39 is 11.2 Å². The molecule has 1 unspecified atom stereocenters. The lowest BCUT2D eigenvalue weighted by Crippen LogP contribution is -2.32. The molecule has 6 nitrogen and oxygen atoms in total. The van der Waals surface area contributed by atoms with Crippen molar-refractivity contribution in [2.75, 3.05) is 26.4 Å². The summed E-state index contributed by atoms with van der Waals surface area (Å²) in [4.78, 5) is 0. The van der Waals surface area contributed by atoms with Crippen molar-refractivity contribution in [3.05, 3.63) is 0 Å². The summed E-state index contributed by atoms with van der Waals surface area (Å²) in [5.74, 6) is 0. The highest BCUT2D eigenvalue weighted by Crippen LogP contribution is 2.28. The Labute approximate surface area is 184 Å². The number of aliphatic hydroxyl groups is 4. The monoisotopic (exact) mass is 432 g/mol. The molecule has 2 saturated carbocycles. The van der Waals surface area contributed by atoms with Crippen LogP contribution in [0.3, 0.4) is 0 Å². The van der Waals surface area contributed by atoms with Gasteiger partial charge in [-0.05, 0) is 66.2 Å². The number of ether oxygens (including phenoxy) is 2. The largest absolute Gasteiger partial charge is 0.390 e. The van der Waals surface area contributed by atoms with Crippen LogP contribution in [0.15, 0.2) is 0 Å². The van der Waals surface area contributed by atoms with Gasteiger partial charge in [-0.15, -0.1) is 0 Å². The second-order valence-electron chi connectivity index (χ2n) is 10.7. The summed E-state index contributed by atoms with van der Waals surface area (Å²) in [5.41, 5.74) is -1.60. The predicted molar refractivity (Wildman–Crippen MR) is 120 cm³/mol. The molecule has 0 aromatic rings. The van der Waals surface area contributed by atoms with Crippen LogP contribution < -0.4 is 0 Å². The van der Waals surface area contributed by atoms with Gasteiger partial charge in [0.05, 0.1) is 29.0 Å². The summed E-state index contributed by atoms with van der Waals surface area (Å²) < 4.78 is 9.95. The van der Waals surface area contributed by atoms with Gasteiger partial charge in [0.15, 0.2) is 0 Å². The van der Waals surface area contributed by atoms with E-state index in [9.17, 15) is 15.3 Å². The molecule has 180 valence electrons. The zero-order chi connectivity index (χ0) is 22.7. The maximum Gasteiger partial charge on any atom is 0.0874 e. The fourth-order valence-corrected chi connectivity index (χ4v) is 3.92. The Morgan fingerprint density at radius 3 is 0.933 bits per heavy atom. The minimum Gasteiger partial charge on any atom is -0.390 e. The highest BCUT2D eigenvalue weighted by atomic mass is 16.5. The Bertz CT molecular complexity index is 385. The Balaban J connectivity index is 0.000000200. The summed E-state index contributed by atoms with van der Waals surface area (Å²) in [5, 5.41) is 36.9. The van der Waals surface area contributed by atoms with Gasteiger partial charge in [-0.25, -0.2) is 0 Å². The van der Waals surface area contributed by atoms with Crippen LogP contribution in [0, 0.1) is 0 Å². The molecular formula is C24H48O6. The average Bonchev–Trinajstić information content (AvgIpc) is 3.23. The Kier molecular flexibility index (Phi) is 11.8. The van der Waals surface area contributed by atoms with Gasteiger partial charge in [-0.2, -0.15) is 0 Å². The Hall–Kier alpha value is -0.240. The quantitative estimate of drug-likeness (QED) is 0.466. The summed E-state index contributed by atoms with van der Waals surface area (Å²) in [6, 6.07) is 0. The van der Waals surface area contributed by atoms with E-state index >= 15 is 0 Å². The van der Waals surface area contributed by atoms with Crippen LogP contribution >= 0.6 is 0 Å². The molecule has 2 saturated heterocycles. The van der Waals surface area contributed by atoms with Crippen molar-refractivity contribution in [2.45, 2.75) is 127 Å². The van der Waals surface area contributed by atoms with Crippen LogP contribution in [-0.4, -0.2) is 69.3 Å². The molecule has 2 heterocycles. The Morgan fingerprint density at radius 1 is 0.433 bits per heavy atom. The van der Waals surface area contributed by atoms with Crippen molar-refractivity contribution < 1.29 is 29.9 Å². The van der Waals surface area contributed by atoms with Gasteiger partial charge < -0.3 is 29.9 Å². The molecule has 1 atom stereocenters. The van der Waals surface area contributed by atoms with Crippen molar-refractivity contribution in [3.8, 4) is 0 Å². The summed E-state index contributed by atoms with van der Waals surface area (Å²) in [7, 11) is 0. The molecule has 0 aromatic heterocycles. The first-order valence-electron chi connectivity index (χ1n) is 11.9. The topological polar surface area (TPSA) is 99.4 Å². The van der Waals surface area contributed by atoms with Gasteiger partial charge >= 0.3 is 0 Å².